The molecule has 1 saturated carbocycles. The van der Waals surface area contributed by atoms with Gasteiger partial charge in [-0.05, 0) is 25.7 Å². The van der Waals surface area contributed by atoms with Gasteiger partial charge in [0.1, 0.15) is 0 Å². The van der Waals surface area contributed by atoms with Gasteiger partial charge in [0.2, 0.25) is 17.6 Å². The van der Waals surface area contributed by atoms with Crippen LogP contribution in [-0.4, -0.2) is 58.1 Å². The van der Waals surface area contributed by atoms with E-state index in [9.17, 15) is 4.79 Å². The summed E-state index contributed by atoms with van der Waals surface area (Å²) in [7, 11) is 0. The number of nitrogens with zero attached hydrogens (tertiary/aromatic N) is 4. The minimum atomic E-state index is 0. The Morgan fingerprint density at radius 1 is 1.17 bits per heavy atom. The summed E-state index contributed by atoms with van der Waals surface area (Å²) >= 11 is 0. The third kappa shape index (κ3) is 5.52. The maximum Gasteiger partial charge on any atom is 0.244 e. The van der Waals surface area contributed by atoms with Crippen LogP contribution in [0.25, 0.3) is 11.4 Å². The number of hydrogen-bond donors (Lipinski definition) is 1. The van der Waals surface area contributed by atoms with Crippen molar-refractivity contribution in [3.8, 4) is 11.4 Å². The first-order valence-electron chi connectivity index (χ1n) is 10.3. The third-order valence-corrected chi connectivity index (χ3v) is 6.20. The summed E-state index contributed by atoms with van der Waals surface area (Å²) in [5.74, 6) is 1.85. The molecule has 2 aliphatic rings. The highest BCUT2D eigenvalue weighted by molar-refractivity contribution is 5.85. The molecule has 4 rings (SSSR count). The SMILES string of the molecule is CC(c1nc(-c2ccccc2)no1)N1CCN(C(=O)C[C@@H]2CCC[C@H]2N)CC1.Cl.Cl. The molecule has 2 heterocycles. The number of rotatable bonds is 5. The summed E-state index contributed by atoms with van der Waals surface area (Å²) in [5, 5.41) is 4.12. The van der Waals surface area contributed by atoms with Crippen molar-refractivity contribution in [2.75, 3.05) is 26.2 Å². The average molecular weight is 456 g/mol. The van der Waals surface area contributed by atoms with Gasteiger partial charge in [-0.1, -0.05) is 41.9 Å². The zero-order chi connectivity index (χ0) is 19.5. The van der Waals surface area contributed by atoms with Gasteiger partial charge in [0.25, 0.3) is 0 Å². The largest absolute Gasteiger partial charge is 0.340 e. The van der Waals surface area contributed by atoms with Gasteiger partial charge in [-0.3, -0.25) is 9.69 Å². The number of hydrogen-bond acceptors (Lipinski definition) is 6. The Labute approximate surface area is 190 Å². The minimum Gasteiger partial charge on any atom is -0.340 e. The molecule has 30 heavy (non-hydrogen) atoms. The van der Waals surface area contributed by atoms with Gasteiger partial charge in [0.15, 0.2) is 0 Å². The topological polar surface area (TPSA) is 88.5 Å². The lowest BCUT2D eigenvalue weighted by molar-refractivity contribution is -0.134. The zero-order valence-electron chi connectivity index (χ0n) is 17.3. The molecule has 1 aliphatic carbocycles. The molecule has 1 amide bonds. The number of benzene rings is 1. The summed E-state index contributed by atoms with van der Waals surface area (Å²) < 4.78 is 5.51. The maximum atomic E-state index is 12.6. The van der Waals surface area contributed by atoms with Crippen LogP contribution >= 0.6 is 24.8 Å². The van der Waals surface area contributed by atoms with Crippen LogP contribution in [0, 0.1) is 5.92 Å². The van der Waals surface area contributed by atoms with Crippen molar-refractivity contribution in [1.29, 1.82) is 0 Å². The Bertz CT molecular complexity index is 796. The van der Waals surface area contributed by atoms with Gasteiger partial charge in [-0.15, -0.1) is 24.8 Å². The molecule has 0 spiro atoms. The van der Waals surface area contributed by atoms with Gasteiger partial charge in [-0.2, -0.15) is 4.98 Å². The van der Waals surface area contributed by atoms with Crippen molar-refractivity contribution >= 4 is 30.7 Å². The number of aromatic nitrogens is 2. The van der Waals surface area contributed by atoms with E-state index in [2.05, 4.69) is 22.0 Å². The van der Waals surface area contributed by atoms with E-state index in [1.165, 1.54) is 0 Å². The highest BCUT2D eigenvalue weighted by atomic mass is 35.5. The van der Waals surface area contributed by atoms with Gasteiger partial charge in [-0.25, -0.2) is 0 Å². The molecular formula is C21H31Cl2N5O2. The molecule has 0 bridgehead atoms. The van der Waals surface area contributed by atoms with Gasteiger partial charge >= 0.3 is 0 Å². The molecule has 7 nitrogen and oxygen atoms in total. The van der Waals surface area contributed by atoms with Crippen molar-refractivity contribution < 1.29 is 9.32 Å². The second kappa shape index (κ2) is 11.1. The van der Waals surface area contributed by atoms with Crippen LogP contribution in [0.15, 0.2) is 34.9 Å². The molecule has 0 radical (unpaired) electrons. The summed E-state index contributed by atoms with van der Waals surface area (Å²) in [6.45, 7) is 5.19. The molecular weight excluding hydrogens is 425 g/mol. The molecule has 166 valence electrons. The Hall–Kier alpha value is -1.67. The maximum absolute atomic E-state index is 12.6. The first-order chi connectivity index (χ1) is 13.6. The first-order valence-corrected chi connectivity index (χ1v) is 10.3. The quantitative estimate of drug-likeness (QED) is 0.743. The van der Waals surface area contributed by atoms with Crippen molar-refractivity contribution in [2.24, 2.45) is 11.7 Å². The molecule has 1 saturated heterocycles. The monoisotopic (exact) mass is 455 g/mol. The number of nitrogens with two attached hydrogens (primary N) is 1. The number of amides is 1. The fourth-order valence-electron chi connectivity index (χ4n) is 4.30. The van der Waals surface area contributed by atoms with Crippen LogP contribution in [-0.2, 0) is 4.79 Å². The van der Waals surface area contributed by atoms with Crippen LogP contribution in [0.4, 0.5) is 0 Å². The van der Waals surface area contributed by atoms with Crippen LogP contribution in [0.3, 0.4) is 0 Å². The Kier molecular flexibility index (Phi) is 9.09. The lowest BCUT2D eigenvalue weighted by Crippen LogP contribution is -2.49. The Balaban J connectivity index is 0.00000160. The van der Waals surface area contributed by atoms with Gasteiger partial charge in [0, 0.05) is 44.2 Å². The molecule has 1 unspecified atom stereocenters. The number of piperazine rings is 1. The molecule has 3 atom stereocenters. The van der Waals surface area contributed by atoms with Crippen LogP contribution in [0.1, 0.15) is 44.5 Å². The highest BCUT2D eigenvalue weighted by Crippen LogP contribution is 2.28. The summed E-state index contributed by atoms with van der Waals surface area (Å²) in [6.07, 6.45) is 3.89. The predicted octanol–water partition coefficient (Wildman–Crippen LogP) is 3.30. The standard InChI is InChI=1S/C21H29N5O2.2ClH/c1-15(21-23-20(24-28-21)16-6-3-2-4-7-16)25-10-12-26(13-11-25)19(27)14-17-8-5-9-18(17)22;;/h2-4,6-7,15,17-18H,5,8-14,22H2,1H3;2*1H/t15?,17-,18+;;/m0../s1. The van der Waals surface area contributed by atoms with Gasteiger partial charge < -0.3 is 15.2 Å². The normalized spacial score (nSPS) is 22.8. The van der Waals surface area contributed by atoms with Crippen LogP contribution < -0.4 is 5.73 Å². The van der Waals surface area contributed by atoms with E-state index < -0.39 is 0 Å². The fourth-order valence-corrected chi connectivity index (χ4v) is 4.30. The molecule has 1 aliphatic heterocycles. The zero-order valence-corrected chi connectivity index (χ0v) is 18.9. The fraction of sp³-hybridized carbons (Fsp3) is 0.571. The van der Waals surface area contributed by atoms with Crippen molar-refractivity contribution in [3.05, 3.63) is 36.2 Å². The van der Waals surface area contributed by atoms with Gasteiger partial charge in [0.05, 0.1) is 6.04 Å². The smallest absolute Gasteiger partial charge is 0.244 e. The Morgan fingerprint density at radius 3 is 2.50 bits per heavy atom. The van der Waals surface area contributed by atoms with E-state index in [-0.39, 0.29) is 42.8 Å². The lowest BCUT2D eigenvalue weighted by atomic mass is 9.99. The van der Waals surface area contributed by atoms with E-state index >= 15 is 0 Å². The van der Waals surface area contributed by atoms with Crippen LogP contribution in [0.2, 0.25) is 0 Å². The minimum absolute atomic E-state index is 0. The average Bonchev–Trinajstić information content (AvgIpc) is 3.38. The summed E-state index contributed by atoms with van der Waals surface area (Å²) in [4.78, 5) is 21.5. The van der Waals surface area contributed by atoms with Crippen molar-refractivity contribution in [2.45, 2.75) is 44.7 Å². The molecule has 9 heteroatoms. The molecule has 2 aromatic rings. The van der Waals surface area contributed by atoms with E-state index in [0.29, 0.717) is 24.1 Å². The number of carbonyl (C=O) groups is 1. The lowest BCUT2D eigenvalue weighted by Gasteiger charge is -2.37. The van der Waals surface area contributed by atoms with E-state index in [1.807, 2.05) is 35.2 Å². The third-order valence-electron chi connectivity index (χ3n) is 6.20. The second-order valence-electron chi connectivity index (χ2n) is 7.97. The number of carbonyl (C=O) groups excluding carboxylic acids is 1. The molecule has 1 aromatic heterocycles. The summed E-state index contributed by atoms with van der Waals surface area (Å²) in [6, 6.07) is 10.1. The summed E-state index contributed by atoms with van der Waals surface area (Å²) in [5.41, 5.74) is 7.07. The number of halogens is 2. The highest BCUT2D eigenvalue weighted by Gasteiger charge is 2.31. The molecule has 2 fully saturated rings. The Morgan fingerprint density at radius 2 is 1.87 bits per heavy atom. The van der Waals surface area contributed by atoms with E-state index in [0.717, 1.165) is 51.0 Å². The molecule has 1 aromatic carbocycles. The van der Waals surface area contributed by atoms with E-state index in [1.54, 1.807) is 0 Å². The van der Waals surface area contributed by atoms with E-state index in [4.69, 9.17) is 10.3 Å². The second-order valence-corrected chi connectivity index (χ2v) is 7.97. The molecule has 2 N–H and O–H groups in total. The first kappa shape index (κ1) is 24.6. The van der Waals surface area contributed by atoms with Crippen molar-refractivity contribution in [3.63, 3.8) is 0 Å². The van der Waals surface area contributed by atoms with Crippen LogP contribution in [0.5, 0.6) is 0 Å². The van der Waals surface area contributed by atoms with Crippen molar-refractivity contribution in [1.82, 2.24) is 19.9 Å². The predicted molar refractivity (Wildman–Crippen MR) is 121 cm³/mol.